The lowest BCUT2D eigenvalue weighted by Gasteiger charge is -2.33. The number of hydrogen-bond acceptors (Lipinski definition) is 1. The van der Waals surface area contributed by atoms with E-state index in [1.54, 1.807) is 0 Å². The van der Waals surface area contributed by atoms with Gasteiger partial charge >= 0.3 is 6.18 Å². The number of nitrogens with two attached hydrogens (primary N) is 1. The Bertz CT molecular complexity index is 459. The van der Waals surface area contributed by atoms with E-state index in [0.717, 1.165) is 16.7 Å². The molecule has 20 heavy (non-hydrogen) atoms. The van der Waals surface area contributed by atoms with Gasteiger partial charge < -0.3 is 5.73 Å². The molecule has 1 saturated carbocycles. The molecule has 2 rings (SSSR count). The molecule has 0 aliphatic heterocycles. The van der Waals surface area contributed by atoms with E-state index in [-0.39, 0.29) is 24.8 Å². The molecule has 0 heterocycles. The van der Waals surface area contributed by atoms with Crippen LogP contribution in [0, 0.1) is 25.7 Å². The number of aryl methyl sites for hydroxylation is 2. The second-order valence-electron chi connectivity index (χ2n) is 6.04. The van der Waals surface area contributed by atoms with Gasteiger partial charge in [-0.05, 0) is 56.6 Å². The molecule has 1 fully saturated rings. The largest absolute Gasteiger partial charge is 0.391 e. The van der Waals surface area contributed by atoms with E-state index in [4.69, 9.17) is 5.73 Å². The smallest absolute Gasteiger partial charge is 0.324 e. The second-order valence-corrected chi connectivity index (χ2v) is 6.04. The van der Waals surface area contributed by atoms with Gasteiger partial charge in [0.2, 0.25) is 0 Å². The molecule has 112 valence electrons. The Morgan fingerprint density at radius 3 is 2.25 bits per heavy atom. The van der Waals surface area contributed by atoms with E-state index in [2.05, 4.69) is 6.07 Å². The van der Waals surface area contributed by atoms with Crippen LogP contribution in [-0.4, -0.2) is 6.18 Å². The zero-order chi connectivity index (χ0) is 14.9. The first-order chi connectivity index (χ1) is 9.29. The molecule has 1 aliphatic rings. The molecule has 1 aliphatic carbocycles. The molecule has 0 amide bonds. The highest BCUT2D eigenvalue weighted by atomic mass is 19.4. The molecule has 0 bridgehead atoms. The van der Waals surface area contributed by atoms with E-state index in [1.807, 2.05) is 26.0 Å². The fraction of sp³-hybridized carbons (Fsp3) is 0.625. The van der Waals surface area contributed by atoms with Gasteiger partial charge in [0.1, 0.15) is 0 Å². The SMILES string of the molecule is Cc1ccc(C)c(C(N)C2CCC(C(F)(F)F)CC2)c1. The summed E-state index contributed by atoms with van der Waals surface area (Å²) in [5.41, 5.74) is 9.67. The molecule has 1 atom stereocenters. The molecule has 1 nitrogen and oxygen atoms in total. The quantitative estimate of drug-likeness (QED) is 0.839. The van der Waals surface area contributed by atoms with Crippen molar-refractivity contribution in [2.45, 2.75) is 51.7 Å². The zero-order valence-corrected chi connectivity index (χ0v) is 12.0. The number of benzene rings is 1. The summed E-state index contributed by atoms with van der Waals surface area (Å²) in [5, 5.41) is 0. The zero-order valence-electron chi connectivity index (χ0n) is 12.0. The van der Waals surface area contributed by atoms with E-state index in [0.29, 0.717) is 12.8 Å². The highest BCUT2D eigenvalue weighted by molar-refractivity contribution is 5.33. The number of rotatable bonds is 2. The van der Waals surface area contributed by atoms with Crippen molar-refractivity contribution in [1.82, 2.24) is 0 Å². The van der Waals surface area contributed by atoms with E-state index >= 15 is 0 Å². The van der Waals surface area contributed by atoms with Crippen LogP contribution in [0.4, 0.5) is 13.2 Å². The van der Waals surface area contributed by atoms with Crippen LogP contribution in [0.15, 0.2) is 18.2 Å². The van der Waals surface area contributed by atoms with Gasteiger partial charge in [-0.25, -0.2) is 0 Å². The molecule has 0 spiro atoms. The Morgan fingerprint density at radius 2 is 1.70 bits per heavy atom. The molecule has 0 aromatic heterocycles. The monoisotopic (exact) mass is 285 g/mol. The maximum absolute atomic E-state index is 12.7. The minimum absolute atomic E-state index is 0.149. The van der Waals surface area contributed by atoms with Gasteiger partial charge in [0, 0.05) is 6.04 Å². The van der Waals surface area contributed by atoms with Gasteiger partial charge in [-0.15, -0.1) is 0 Å². The minimum atomic E-state index is -4.05. The lowest BCUT2D eigenvalue weighted by atomic mass is 9.76. The van der Waals surface area contributed by atoms with Gasteiger partial charge in [0.25, 0.3) is 0 Å². The van der Waals surface area contributed by atoms with Crippen LogP contribution in [0.25, 0.3) is 0 Å². The lowest BCUT2D eigenvalue weighted by molar-refractivity contribution is -0.184. The van der Waals surface area contributed by atoms with Crippen LogP contribution in [-0.2, 0) is 0 Å². The first kappa shape index (κ1) is 15.4. The maximum atomic E-state index is 12.7. The van der Waals surface area contributed by atoms with Crippen LogP contribution in [0.5, 0.6) is 0 Å². The fourth-order valence-corrected chi connectivity index (χ4v) is 3.18. The lowest BCUT2D eigenvalue weighted by Crippen LogP contribution is -2.32. The number of halogens is 3. The Labute approximate surface area is 118 Å². The third-order valence-electron chi connectivity index (χ3n) is 4.54. The van der Waals surface area contributed by atoms with E-state index in [1.165, 1.54) is 0 Å². The summed E-state index contributed by atoms with van der Waals surface area (Å²) in [6.45, 7) is 4.02. The standard InChI is InChI=1S/C16H22F3N/c1-10-3-4-11(2)14(9-10)15(20)12-5-7-13(8-6-12)16(17,18)19/h3-4,9,12-13,15H,5-8,20H2,1-2H3. The van der Waals surface area contributed by atoms with E-state index in [9.17, 15) is 13.2 Å². The molecule has 1 aromatic carbocycles. The minimum Gasteiger partial charge on any atom is -0.324 e. The fourth-order valence-electron chi connectivity index (χ4n) is 3.18. The number of hydrogen-bond donors (Lipinski definition) is 1. The first-order valence-corrected chi connectivity index (χ1v) is 7.18. The van der Waals surface area contributed by atoms with Crippen molar-refractivity contribution in [3.05, 3.63) is 34.9 Å². The van der Waals surface area contributed by atoms with Crippen molar-refractivity contribution in [2.75, 3.05) is 0 Å². The third-order valence-corrected chi connectivity index (χ3v) is 4.54. The van der Waals surface area contributed by atoms with Crippen LogP contribution < -0.4 is 5.73 Å². The third kappa shape index (κ3) is 3.35. The average molecular weight is 285 g/mol. The molecular weight excluding hydrogens is 263 g/mol. The van der Waals surface area contributed by atoms with Crippen LogP contribution in [0.2, 0.25) is 0 Å². The van der Waals surface area contributed by atoms with E-state index < -0.39 is 12.1 Å². The van der Waals surface area contributed by atoms with Crippen molar-refractivity contribution in [1.29, 1.82) is 0 Å². The Hall–Kier alpha value is -1.03. The summed E-state index contributed by atoms with van der Waals surface area (Å²) in [6.07, 6.45) is -2.48. The van der Waals surface area contributed by atoms with Crippen molar-refractivity contribution in [2.24, 2.45) is 17.6 Å². The van der Waals surface area contributed by atoms with Crippen molar-refractivity contribution >= 4 is 0 Å². The molecule has 0 saturated heterocycles. The molecule has 1 aromatic rings. The topological polar surface area (TPSA) is 26.0 Å². The summed E-state index contributed by atoms with van der Waals surface area (Å²) in [7, 11) is 0. The Kier molecular flexibility index (Phi) is 4.43. The average Bonchev–Trinajstić information content (AvgIpc) is 2.40. The summed E-state index contributed by atoms with van der Waals surface area (Å²) < 4.78 is 38.0. The van der Waals surface area contributed by atoms with Crippen LogP contribution >= 0.6 is 0 Å². The van der Waals surface area contributed by atoms with Crippen molar-refractivity contribution < 1.29 is 13.2 Å². The normalized spacial score (nSPS) is 25.5. The van der Waals surface area contributed by atoms with Gasteiger partial charge in [0.05, 0.1) is 5.92 Å². The van der Waals surface area contributed by atoms with Crippen LogP contribution in [0.1, 0.15) is 48.4 Å². The Balaban J connectivity index is 2.05. The predicted octanol–water partition coefficient (Wildman–Crippen LogP) is 4.67. The van der Waals surface area contributed by atoms with Crippen LogP contribution in [0.3, 0.4) is 0 Å². The maximum Gasteiger partial charge on any atom is 0.391 e. The first-order valence-electron chi connectivity index (χ1n) is 7.18. The van der Waals surface area contributed by atoms with Gasteiger partial charge in [-0.1, -0.05) is 23.8 Å². The summed E-state index contributed by atoms with van der Waals surface area (Å²) in [5.74, 6) is -0.973. The predicted molar refractivity (Wildman–Crippen MR) is 74.3 cm³/mol. The molecular formula is C16H22F3N. The molecule has 4 heteroatoms. The Morgan fingerprint density at radius 1 is 1.10 bits per heavy atom. The van der Waals surface area contributed by atoms with Gasteiger partial charge in [0.15, 0.2) is 0 Å². The summed E-state index contributed by atoms with van der Waals surface area (Å²) in [4.78, 5) is 0. The van der Waals surface area contributed by atoms with Crippen molar-refractivity contribution in [3.63, 3.8) is 0 Å². The second kappa shape index (κ2) is 5.76. The van der Waals surface area contributed by atoms with Gasteiger partial charge in [-0.2, -0.15) is 13.2 Å². The molecule has 0 radical (unpaired) electrons. The number of alkyl halides is 3. The highest BCUT2D eigenvalue weighted by Crippen LogP contribution is 2.42. The molecule has 1 unspecified atom stereocenters. The van der Waals surface area contributed by atoms with Gasteiger partial charge in [-0.3, -0.25) is 0 Å². The summed E-state index contributed by atoms with van der Waals surface area (Å²) >= 11 is 0. The molecule has 2 N–H and O–H groups in total. The summed E-state index contributed by atoms with van der Waals surface area (Å²) in [6, 6.07) is 5.98. The van der Waals surface area contributed by atoms with Crippen molar-refractivity contribution in [3.8, 4) is 0 Å². The highest BCUT2D eigenvalue weighted by Gasteiger charge is 2.42.